The number of nitrogens with two attached hydrogens (primary N) is 1. The van der Waals surface area contributed by atoms with E-state index in [1.165, 1.54) is 0 Å². The van der Waals surface area contributed by atoms with Crippen molar-refractivity contribution in [3.8, 4) is 5.75 Å². The van der Waals surface area contributed by atoms with Crippen LogP contribution in [0.25, 0.3) is 0 Å². The predicted molar refractivity (Wildman–Crippen MR) is 83.9 cm³/mol. The smallest absolute Gasteiger partial charge is 0.122 e. The number of hydrogen-bond acceptors (Lipinski definition) is 3. The number of aromatic nitrogens is 2. The molecule has 0 aliphatic carbocycles. The summed E-state index contributed by atoms with van der Waals surface area (Å²) in [5, 5.41) is 4.38. The molecule has 0 fully saturated rings. The molecule has 20 heavy (non-hydrogen) atoms. The Balaban J connectivity index is 2.28. The maximum atomic E-state index is 6.39. The van der Waals surface area contributed by atoms with E-state index in [2.05, 4.69) is 34.9 Å². The summed E-state index contributed by atoms with van der Waals surface area (Å²) in [6.45, 7) is 4.19. The number of para-hydroxylation sites is 1. The molecule has 5 heteroatoms. The van der Waals surface area contributed by atoms with Gasteiger partial charge in [0.05, 0.1) is 29.5 Å². The van der Waals surface area contributed by atoms with Crippen LogP contribution in [0.2, 0.25) is 0 Å². The van der Waals surface area contributed by atoms with Crippen LogP contribution in [0.4, 0.5) is 0 Å². The minimum Gasteiger partial charge on any atom is -0.496 e. The van der Waals surface area contributed by atoms with Crippen LogP contribution in [0.15, 0.2) is 34.9 Å². The summed E-state index contributed by atoms with van der Waals surface area (Å²) in [5.74, 6) is 0.870. The Kier molecular flexibility index (Phi) is 4.83. The molecule has 0 bridgehead atoms. The van der Waals surface area contributed by atoms with Gasteiger partial charge in [-0.15, -0.1) is 0 Å². The number of rotatable bonds is 5. The molecule has 0 aliphatic heterocycles. The Labute approximate surface area is 128 Å². The molecule has 0 aliphatic rings. The van der Waals surface area contributed by atoms with Crippen molar-refractivity contribution in [2.75, 3.05) is 7.11 Å². The van der Waals surface area contributed by atoms with E-state index >= 15 is 0 Å². The normalized spacial score (nSPS) is 12.7. The van der Waals surface area contributed by atoms with E-state index in [1.807, 2.05) is 28.9 Å². The molecular weight excluding hydrogens is 318 g/mol. The Morgan fingerprint density at radius 2 is 2.05 bits per heavy atom. The van der Waals surface area contributed by atoms with Gasteiger partial charge in [0, 0.05) is 6.04 Å². The minimum atomic E-state index is -0.134. The van der Waals surface area contributed by atoms with Gasteiger partial charge < -0.3 is 10.5 Å². The summed E-state index contributed by atoms with van der Waals surface area (Å²) in [7, 11) is 1.68. The molecule has 1 aromatic carbocycles. The van der Waals surface area contributed by atoms with E-state index < -0.39 is 0 Å². The molecule has 108 valence electrons. The highest BCUT2D eigenvalue weighted by atomic mass is 79.9. The van der Waals surface area contributed by atoms with Crippen molar-refractivity contribution < 1.29 is 4.74 Å². The Morgan fingerprint density at radius 3 is 2.70 bits per heavy atom. The molecular formula is C15H20BrN3O. The van der Waals surface area contributed by atoms with E-state index in [0.29, 0.717) is 6.42 Å². The highest BCUT2D eigenvalue weighted by Crippen LogP contribution is 2.29. The van der Waals surface area contributed by atoms with Gasteiger partial charge in [0.15, 0.2) is 0 Å². The summed E-state index contributed by atoms with van der Waals surface area (Å²) in [4.78, 5) is 0. The first-order valence-electron chi connectivity index (χ1n) is 6.65. The molecule has 1 aromatic heterocycles. The number of methoxy groups -OCH3 is 1. The van der Waals surface area contributed by atoms with Gasteiger partial charge >= 0.3 is 0 Å². The highest BCUT2D eigenvalue weighted by Gasteiger charge is 2.19. The zero-order valence-electron chi connectivity index (χ0n) is 12.0. The zero-order chi connectivity index (χ0) is 14.7. The van der Waals surface area contributed by atoms with Crippen molar-refractivity contribution in [1.82, 2.24) is 9.78 Å². The van der Waals surface area contributed by atoms with Crippen LogP contribution in [0.5, 0.6) is 5.75 Å². The molecule has 2 N–H and O–H groups in total. The fourth-order valence-corrected chi connectivity index (χ4v) is 2.88. The molecule has 4 nitrogen and oxygen atoms in total. The lowest BCUT2D eigenvalue weighted by atomic mass is 10.0. The van der Waals surface area contributed by atoms with Crippen LogP contribution < -0.4 is 10.5 Å². The molecule has 0 spiro atoms. The van der Waals surface area contributed by atoms with Gasteiger partial charge in [0.25, 0.3) is 0 Å². The fourth-order valence-electron chi connectivity index (χ4n) is 2.31. The third-order valence-corrected chi connectivity index (χ3v) is 3.87. The standard InChI is InChI=1S/C15H20BrN3O/c1-10(2)19-15(12(16)9-18-19)13(17)8-11-6-4-5-7-14(11)20-3/h4-7,9-10,13H,8,17H2,1-3H3. The Morgan fingerprint density at radius 1 is 1.35 bits per heavy atom. The maximum absolute atomic E-state index is 6.39. The molecule has 1 atom stereocenters. The van der Waals surface area contributed by atoms with Gasteiger partial charge in [-0.3, -0.25) is 4.68 Å². The number of ether oxygens (including phenoxy) is 1. The lowest BCUT2D eigenvalue weighted by molar-refractivity contribution is 0.406. The van der Waals surface area contributed by atoms with E-state index in [9.17, 15) is 0 Å². The fraction of sp³-hybridized carbons (Fsp3) is 0.400. The van der Waals surface area contributed by atoms with E-state index in [4.69, 9.17) is 10.5 Å². The highest BCUT2D eigenvalue weighted by molar-refractivity contribution is 9.10. The molecule has 2 rings (SSSR count). The number of halogens is 1. The maximum Gasteiger partial charge on any atom is 0.122 e. The average Bonchev–Trinajstić information content (AvgIpc) is 2.81. The summed E-state index contributed by atoms with van der Waals surface area (Å²) < 4.78 is 8.30. The first-order valence-corrected chi connectivity index (χ1v) is 7.44. The summed E-state index contributed by atoms with van der Waals surface area (Å²) in [6.07, 6.45) is 2.51. The first kappa shape index (κ1) is 15.1. The predicted octanol–water partition coefficient (Wildman–Crippen LogP) is 3.48. The molecule has 1 heterocycles. The average molecular weight is 338 g/mol. The third kappa shape index (κ3) is 3.04. The van der Waals surface area contributed by atoms with Crippen LogP contribution in [0, 0.1) is 0 Å². The molecule has 0 amide bonds. The SMILES string of the molecule is COc1ccccc1CC(N)c1c(Br)cnn1C(C)C. The zero-order valence-corrected chi connectivity index (χ0v) is 13.6. The van der Waals surface area contributed by atoms with Crippen molar-refractivity contribution in [3.63, 3.8) is 0 Å². The van der Waals surface area contributed by atoms with Gasteiger partial charge in [-0.25, -0.2) is 0 Å². The second-order valence-electron chi connectivity index (χ2n) is 5.04. The van der Waals surface area contributed by atoms with Gasteiger partial charge in [-0.05, 0) is 47.8 Å². The van der Waals surface area contributed by atoms with Crippen LogP contribution in [0.1, 0.15) is 37.2 Å². The largest absolute Gasteiger partial charge is 0.496 e. The van der Waals surface area contributed by atoms with Crippen LogP contribution in [-0.2, 0) is 6.42 Å². The van der Waals surface area contributed by atoms with Gasteiger partial charge in [0.2, 0.25) is 0 Å². The number of nitrogens with zero attached hydrogens (tertiary/aromatic N) is 2. The van der Waals surface area contributed by atoms with Crippen LogP contribution in [0.3, 0.4) is 0 Å². The monoisotopic (exact) mass is 337 g/mol. The van der Waals surface area contributed by atoms with Crippen molar-refractivity contribution in [2.24, 2.45) is 5.73 Å². The second-order valence-corrected chi connectivity index (χ2v) is 5.89. The molecule has 0 saturated heterocycles. The third-order valence-electron chi connectivity index (χ3n) is 3.26. The minimum absolute atomic E-state index is 0.134. The van der Waals surface area contributed by atoms with E-state index in [-0.39, 0.29) is 12.1 Å². The first-order chi connectivity index (χ1) is 9.54. The summed E-state index contributed by atoms with van der Waals surface area (Å²) in [6, 6.07) is 8.10. The van der Waals surface area contributed by atoms with Crippen LogP contribution in [-0.4, -0.2) is 16.9 Å². The quantitative estimate of drug-likeness (QED) is 0.908. The number of benzene rings is 1. The Hall–Kier alpha value is -1.33. The van der Waals surface area contributed by atoms with E-state index in [1.54, 1.807) is 13.3 Å². The van der Waals surface area contributed by atoms with Gasteiger partial charge in [-0.2, -0.15) is 5.10 Å². The number of hydrogen-bond donors (Lipinski definition) is 1. The van der Waals surface area contributed by atoms with E-state index in [0.717, 1.165) is 21.5 Å². The van der Waals surface area contributed by atoms with Crippen molar-refractivity contribution in [2.45, 2.75) is 32.4 Å². The van der Waals surface area contributed by atoms with Crippen molar-refractivity contribution >= 4 is 15.9 Å². The molecule has 2 aromatic rings. The van der Waals surface area contributed by atoms with Crippen molar-refractivity contribution in [1.29, 1.82) is 0 Å². The molecule has 0 radical (unpaired) electrons. The lowest BCUT2D eigenvalue weighted by Gasteiger charge is -2.18. The lowest BCUT2D eigenvalue weighted by Crippen LogP contribution is -2.20. The van der Waals surface area contributed by atoms with Gasteiger partial charge in [-0.1, -0.05) is 18.2 Å². The van der Waals surface area contributed by atoms with Crippen LogP contribution >= 0.6 is 15.9 Å². The molecule has 1 unspecified atom stereocenters. The second kappa shape index (κ2) is 6.41. The summed E-state index contributed by atoms with van der Waals surface area (Å²) >= 11 is 3.54. The Bertz CT molecular complexity index is 580. The molecule has 0 saturated carbocycles. The van der Waals surface area contributed by atoms with Gasteiger partial charge in [0.1, 0.15) is 5.75 Å². The topological polar surface area (TPSA) is 53.1 Å². The van der Waals surface area contributed by atoms with Crippen molar-refractivity contribution in [3.05, 3.63) is 46.2 Å². The summed E-state index contributed by atoms with van der Waals surface area (Å²) in [5.41, 5.74) is 8.51.